The molecule has 0 unspecified atom stereocenters. The fourth-order valence-electron chi connectivity index (χ4n) is 1.94. The Labute approximate surface area is 123 Å². The van der Waals surface area contributed by atoms with E-state index in [2.05, 4.69) is 6.92 Å². The molecule has 2 aromatic carbocycles. The van der Waals surface area contributed by atoms with E-state index < -0.39 is 0 Å². The zero-order valence-corrected chi connectivity index (χ0v) is 12.1. The van der Waals surface area contributed by atoms with Gasteiger partial charge >= 0.3 is 0 Å². The number of aryl methyl sites for hydroxylation is 1. The van der Waals surface area contributed by atoms with Crippen LogP contribution >= 0.6 is 23.2 Å². The zero-order chi connectivity index (χ0) is 13.8. The molecular formula is C16H14Cl2O. The summed E-state index contributed by atoms with van der Waals surface area (Å²) in [7, 11) is 0. The third-order valence-electron chi connectivity index (χ3n) is 2.93. The molecule has 98 valence electrons. The van der Waals surface area contributed by atoms with E-state index in [4.69, 9.17) is 23.2 Å². The van der Waals surface area contributed by atoms with E-state index in [-0.39, 0.29) is 5.78 Å². The van der Waals surface area contributed by atoms with Gasteiger partial charge in [-0.05, 0) is 30.2 Å². The van der Waals surface area contributed by atoms with Gasteiger partial charge in [0, 0.05) is 16.1 Å². The van der Waals surface area contributed by atoms with Gasteiger partial charge < -0.3 is 0 Å². The molecule has 3 heteroatoms. The summed E-state index contributed by atoms with van der Waals surface area (Å²) in [6.07, 6.45) is 2.12. The van der Waals surface area contributed by atoms with Gasteiger partial charge in [0.05, 0.1) is 5.02 Å². The molecule has 0 aromatic heterocycles. The van der Waals surface area contributed by atoms with E-state index in [1.807, 2.05) is 24.3 Å². The molecule has 0 bridgehead atoms. The molecule has 0 amide bonds. The number of carbonyl (C=O) groups is 1. The van der Waals surface area contributed by atoms with Crippen LogP contribution in [0.1, 0.15) is 34.8 Å². The number of carbonyl (C=O) groups excluding carboxylic acids is 1. The highest BCUT2D eigenvalue weighted by Gasteiger charge is 2.12. The lowest BCUT2D eigenvalue weighted by Crippen LogP contribution is -2.02. The predicted octanol–water partition coefficient (Wildman–Crippen LogP) is 5.18. The minimum atomic E-state index is -0.0790. The molecule has 0 saturated heterocycles. The van der Waals surface area contributed by atoms with Gasteiger partial charge in [-0.3, -0.25) is 4.79 Å². The third-order valence-corrected chi connectivity index (χ3v) is 3.48. The van der Waals surface area contributed by atoms with Gasteiger partial charge in [-0.15, -0.1) is 0 Å². The molecule has 0 heterocycles. The summed E-state index contributed by atoms with van der Waals surface area (Å²) in [5, 5.41) is 0.912. The van der Waals surface area contributed by atoms with Gasteiger partial charge in [-0.2, -0.15) is 0 Å². The summed E-state index contributed by atoms with van der Waals surface area (Å²) in [6.45, 7) is 2.13. The second-order valence-electron chi connectivity index (χ2n) is 4.40. The van der Waals surface area contributed by atoms with Crippen LogP contribution in [-0.2, 0) is 6.42 Å². The monoisotopic (exact) mass is 292 g/mol. The van der Waals surface area contributed by atoms with Crippen molar-refractivity contribution in [3.05, 3.63) is 69.2 Å². The Bertz CT molecular complexity index is 588. The van der Waals surface area contributed by atoms with Gasteiger partial charge in [0.2, 0.25) is 0 Å². The average Bonchev–Trinajstić information content (AvgIpc) is 2.39. The summed E-state index contributed by atoms with van der Waals surface area (Å²) in [5.74, 6) is -0.0790. The number of ketones is 1. The van der Waals surface area contributed by atoms with Gasteiger partial charge in [-0.25, -0.2) is 0 Å². The normalized spacial score (nSPS) is 10.5. The van der Waals surface area contributed by atoms with Crippen LogP contribution in [0.4, 0.5) is 0 Å². The van der Waals surface area contributed by atoms with Crippen molar-refractivity contribution >= 4 is 29.0 Å². The maximum atomic E-state index is 12.3. The van der Waals surface area contributed by atoms with Gasteiger partial charge in [0.15, 0.2) is 5.78 Å². The molecule has 0 radical (unpaired) electrons. The minimum absolute atomic E-state index is 0.0790. The van der Waals surface area contributed by atoms with E-state index in [0.29, 0.717) is 21.2 Å². The van der Waals surface area contributed by atoms with Crippen molar-refractivity contribution in [3.63, 3.8) is 0 Å². The highest BCUT2D eigenvalue weighted by molar-refractivity contribution is 6.37. The van der Waals surface area contributed by atoms with Crippen LogP contribution in [0, 0.1) is 0 Å². The summed E-state index contributed by atoms with van der Waals surface area (Å²) < 4.78 is 0. The standard InChI is InChI=1S/C16H14Cl2O/c1-2-3-11-4-6-12(7-5-11)16(19)14-9-8-13(17)10-15(14)18/h4-10H,2-3H2,1H3. The van der Waals surface area contributed by atoms with E-state index in [1.165, 1.54) is 5.56 Å². The van der Waals surface area contributed by atoms with Gasteiger partial charge in [0.1, 0.15) is 0 Å². The quantitative estimate of drug-likeness (QED) is 0.710. The first-order chi connectivity index (χ1) is 9.11. The van der Waals surface area contributed by atoms with E-state index in [0.717, 1.165) is 12.8 Å². The molecular weight excluding hydrogens is 279 g/mol. The van der Waals surface area contributed by atoms with Crippen LogP contribution in [0.5, 0.6) is 0 Å². The topological polar surface area (TPSA) is 17.1 Å². The number of hydrogen-bond acceptors (Lipinski definition) is 1. The summed E-state index contributed by atoms with van der Waals surface area (Å²) >= 11 is 11.9. The number of hydrogen-bond donors (Lipinski definition) is 0. The highest BCUT2D eigenvalue weighted by atomic mass is 35.5. The zero-order valence-electron chi connectivity index (χ0n) is 10.6. The molecule has 0 aliphatic heterocycles. The Morgan fingerprint density at radius 1 is 1.05 bits per heavy atom. The second-order valence-corrected chi connectivity index (χ2v) is 5.24. The third kappa shape index (κ3) is 3.37. The van der Waals surface area contributed by atoms with Crippen molar-refractivity contribution in [2.24, 2.45) is 0 Å². The fourth-order valence-corrected chi connectivity index (χ4v) is 2.43. The smallest absolute Gasteiger partial charge is 0.194 e. The highest BCUT2D eigenvalue weighted by Crippen LogP contribution is 2.23. The Hall–Kier alpha value is -1.31. The Morgan fingerprint density at radius 3 is 2.32 bits per heavy atom. The molecule has 1 nitrogen and oxygen atoms in total. The maximum absolute atomic E-state index is 12.3. The molecule has 19 heavy (non-hydrogen) atoms. The summed E-state index contributed by atoms with van der Waals surface area (Å²) in [6, 6.07) is 12.6. The molecule has 2 aromatic rings. The lowest BCUT2D eigenvalue weighted by molar-refractivity contribution is 0.103. The Kier molecular flexibility index (Phi) is 4.62. The average molecular weight is 293 g/mol. The van der Waals surface area contributed by atoms with Crippen molar-refractivity contribution in [2.75, 3.05) is 0 Å². The molecule has 2 rings (SSSR count). The van der Waals surface area contributed by atoms with Crippen LogP contribution < -0.4 is 0 Å². The first-order valence-corrected chi connectivity index (χ1v) is 6.96. The lowest BCUT2D eigenvalue weighted by Gasteiger charge is -2.05. The number of rotatable bonds is 4. The van der Waals surface area contributed by atoms with Crippen molar-refractivity contribution in [1.29, 1.82) is 0 Å². The SMILES string of the molecule is CCCc1ccc(C(=O)c2ccc(Cl)cc2Cl)cc1. The molecule has 0 fully saturated rings. The van der Waals surface area contributed by atoms with Crippen molar-refractivity contribution < 1.29 is 4.79 Å². The first kappa shape index (κ1) is 14.1. The molecule has 0 aliphatic carbocycles. The van der Waals surface area contributed by atoms with Crippen LogP contribution in [0.25, 0.3) is 0 Å². The minimum Gasteiger partial charge on any atom is -0.289 e. The number of benzene rings is 2. The van der Waals surface area contributed by atoms with Crippen molar-refractivity contribution in [3.8, 4) is 0 Å². The van der Waals surface area contributed by atoms with E-state index in [1.54, 1.807) is 18.2 Å². The summed E-state index contributed by atoms with van der Waals surface area (Å²) in [4.78, 5) is 12.3. The van der Waals surface area contributed by atoms with Crippen LogP contribution in [0.2, 0.25) is 10.0 Å². The Balaban J connectivity index is 2.28. The largest absolute Gasteiger partial charge is 0.289 e. The van der Waals surface area contributed by atoms with Gasteiger partial charge in [0.25, 0.3) is 0 Å². The molecule has 0 saturated carbocycles. The van der Waals surface area contributed by atoms with Crippen LogP contribution in [0.15, 0.2) is 42.5 Å². The van der Waals surface area contributed by atoms with Crippen molar-refractivity contribution in [2.45, 2.75) is 19.8 Å². The fraction of sp³-hybridized carbons (Fsp3) is 0.188. The molecule has 0 spiro atoms. The summed E-state index contributed by atoms with van der Waals surface area (Å²) in [5.41, 5.74) is 2.36. The molecule has 0 aliphatic rings. The van der Waals surface area contributed by atoms with Gasteiger partial charge in [-0.1, -0.05) is 60.8 Å². The predicted molar refractivity (Wildman–Crippen MR) is 80.3 cm³/mol. The molecule has 0 N–H and O–H groups in total. The van der Waals surface area contributed by atoms with E-state index in [9.17, 15) is 4.79 Å². The first-order valence-electron chi connectivity index (χ1n) is 6.20. The van der Waals surface area contributed by atoms with E-state index >= 15 is 0 Å². The van der Waals surface area contributed by atoms with Crippen molar-refractivity contribution in [1.82, 2.24) is 0 Å². The number of halogens is 2. The maximum Gasteiger partial charge on any atom is 0.194 e. The van der Waals surface area contributed by atoms with Crippen LogP contribution in [0.3, 0.4) is 0 Å². The van der Waals surface area contributed by atoms with Crippen LogP contribution in [-0.4, -0.2) is 5.78 Å². The molecule has 0 atom stereocenters. The Morgan fingerprint density at radius 2 is 1.74 bits per heavy atom. The second kappa shape index (κ2) is 6.23. The lowest BCUT2D eigenvalue weighted by atomic mass is 10.0.